The smallest absolute Gasteiger partial charge is 0.316 e. The van der Waals surface area contributed by atoms with Gasteiger partial charge in [0.1, 0.15) is 0 Å². The third-order valence-electron chi connectivity index (χ3n) is 7.13. The fraction of sp³-hybridized carbons (Fsp3) is 0.903. The summed E-state index contributed by atoms with van der Waals surface area (Å²) in [6.07, 6.45) is 27.7. The molecule has 0 rings (SSSR count). The number of ether oxygens (including phenoxy) is 1. The molecular weight excluding hydrogens is 452 g/mol. The zero-order chi connectivity index (χ0) is 26.7. The van der Waals surface area contributed by atoms with Crippen LogP contribution in [-0.4, -0.2) is 23.0 Å². The van der Waals surface area contributed by atoms with Crippen molar-refractivity contribution < 1.29 is 24.2 Å². The maximum absolute atomic E-state index is 12.1. The highest BCUT2D eigenvalue weighted by atomic mass is 16.6. The monoisotopic (exact) mass is 510 g/mol. The Morgan fingerprint density at radius 1 is 0.556 bits per heavy atom. The lowest BCUT2D eigenvalue weighted by Crippen LogP contribution is -2.19. The van der Waals surface area contributed by atoms with E-state index >= 15 is 0 Å². The standard InChI is InChI=1S/C31H58O5/c1-3-4-5-6-7-8-9-10-11-12-13-14-18-21-24-27-30(34)36-31(35)28(2)25-22-19-16-15-17-20-23-26-29(32)33/h28H,3-27H2,1-2H3,(H,32,33). The average molecular weight is 511 g/mol. The van der Waals surface area contributed by atoms with Gasteiger partial charge in [0, 0.05) is 12.8 Å². The summed E-state index contributed by atoms with van der Waals surface area (Å²) < 4.78 is 5.05. The van der Waals surface area contributed by atoms with Crippen LogP contribution in [0.1, 0.15) is 174 Å². The predicted octanol–water partition coefficient (Wildman–Crippen LogP) is 9.55. The summed E-state index contributed by atoms with van der Waals surface area (Å²) in [7, 11) is 0. The minimum absolute atomic E-state index is 0.231. The van der Waals surface area contributed by atoms with Crippen LogP contribution in [0.5, 0.6) is 0 Å². The molecule has 0 amide bonds. The fourth-order valence-corrected chi connectivity index (χ4v) is 4.63. The molecule has 0 aromatic heterocycles. The Hall–Kier alpha value is -1.39. The van der Waals surface area contributed by atoms with Gasteiger partial charge in [-0.2, -0.15) is 0 Å². The molecule has 0 aromatic carbocycles. The van der Waals surface area contributed by atoms with Crippen LogP contribution in [0.2, 0.25) is 0 Å². The van der Waals surface area contributed by atoms with Crippen LogP contribution in [0.25, 0.3) is 0 Å². The number of hydrogen-bond acceptors (Lipinski definition) is 4. The van der Waals surface area contributed by atoms with Crippen LogP contribution in [0.3, 0.4) is 0 Å². The SMILES string of the molecule is CCCCCCCCCCCCCCCCCC(=O)OC(=O)C(C)CCCCCCCCCC(=O)O. The Morgan fingerprint density at radius 2 is 0.917 bits per heavy atom. The minimum atomic E-state index is -0.718. The molecule has 0 aliphatic carbocycles. The Balaban J connectivity index is 3.44. The van der Waals surface area contributed by atoms with E-state index in [2.05, 4.69) is 6.92 Å². The molecule has 0 heterocycles. The van der Waals surface area contributed by atoms with Crippen molar-refractivity contribution in [1.82, 2.24) is 0 Å². The van der Waals surface area contributed by atoms with Gasteiger partial charge >= 0.3 is 17.9 Å². The van der Waals surface area contributed by atoms with Crippen molar-refractivity contribution in [3.05, 3.63) is 0 Å². The molecule has 1 unspecified atom stereocenters. The number of aliphatic carboxylic acids is 1. The Kier molecular flexibility index (Phi) is 25.6. The molecule has 5 nitrogen and oxygen atoms in total. The topological polar surface area (TPSA) is 80.7 Å². The van der Waals surface area contributed by atoms with Gasteiger partial charge < -0.3 is 9.84 Å². The van der Waals surface area contributed by atoms with Crippen molar-refractivity contribution >= 4 is 17.9 Å². The van der Waals surface area contributed by atoms with Gasteiger partial charge in [-0.25, -0.2) is 0 Å². The highest BCUT2D eigenvalue weighted by molar-refractivity contribution is 5.86. The molecule has 1 atom stereocenters. The summed E-state index contributed by atoms with van der Waals surface area (Å²) >= 11 is 0. The number of esters is 2. The van der Waals surface area contributed by atoms with Gasteiger partial charge in [-0.3, -0.25) is 14.4 Å². The summed E-state index contributed by atoms with van der Waals surface area (Å²) in [5, 5.41) is 8.61. The normalized spacial score (nSPS) is 11.9. The van der Waals surface area contributed by atoms with Gasteiger partial charge in [0.05, 0.1) is 5.92 Å². The summed E-state index contributed by atoms with van der Waals surface area (Å²) in [4.78, 5) is 34.5. The summed E-state index contributed by atoms with van der Waals surface area (Å²) in [6, 6.07) is 0. The van der Waals surface area contributed by atoms with E-state index in [0.717, 1.165) is 70.6 Å². The Bertz CT molecular complexity index is 531. The molecule has 0 saturated carbocycles. The molecule has 0 aromatic rings. The molecule has 0 fully saturated rings. The molecular formula is C31H58O5. The van der Waals surface area contributed by atoms with Crippen molar-refractivity contribution in [2.75, 3.05) is 0 Å². The zero-order valence-corrected chi connectivity index (χ0v) is 23.8. The van der Waals surface area contributed by atoms with Gasteiger partial charge in [-0.1, -0.05) is 142 Å². The van der Waals surface area contributed by atoms with Crippen LogP contribution < -0.4 is 0 Å². The molecule has 0 aliphatic heterocycles. The van der Waals surface area contributed by atoms with E-state index in [0.29, 0.717) is 6.42 Å². The van der Waals surface area contributed by atoms with Crippen molar-refractivity contribution in [2.24, 2.45) is 5.92 Å². The molecule has 5 heteroatoms. The number of carboxylic acids is 1. The Morgan fingerprint density at radius 3 is 1.33 bits per heavy atom. The van der Waals surface area contributed by atoms with Crippen molar-refractivity contribution in [2.45, 2.75) is 174 Å². The van der Waals surface area contributed by atoms with E-state index in [1.807, 2.05) is 6.92 Å². The number of carbonyl (C=O) groups is 3. The van der Waals surface area contributed by atoms with E-state index in [4.69, 9.17) is 9.84 Å². The van der Waals surface area contributed by atoms with E-state index in [9.17, 15) is 14.4 Å². The molecule has 36 heavy (non-hydrogen) atoms. The number of carboxylic acid groups (broad SMARTS) is 1. The van der Waals surface area contributed by atoms with E-state index in [1.54, 1.807) is 0 Å². The third kappa shape index (κ3) is 25.7. The lowest BCUT2D eigenvalue weighted by molar-refractivity contribution is -0.162. The number of unbranched alkanes of at least 4 members (excludes halogenated alkanes) is 20. The number of carbonyl (C=O) groups excluding carboxylic acids is 2. The summed E-state index contributed by atoms with van der Waals surface area (Å²) in [5.41, 5.74) is 0. The van der Waals surface area contributed by atoms with Gasteiger partial charge in [0.2, 0.25) is 0 Å². The first-order valence-electron chi connectivity index (χ1n) is 15.4. The second-order valence-corrected chi connectivity index (χ2v) is 10.8. The molecule has 0 radical (unpaired) electrons. The summed E-state index contributed by atoms with van der Waals surface area (Å²) in [5.74, 6) is -1.70. The van der Waals surface area contributed by atoms with Crippen LogP contribution in [0.15, 0.2) is 0 Å². The highest BCUT2D eigenvalue weighted by Crippen LogP contribution is 2.16. The first kappa shape index (κ1) is 34.6. The van der Waals surface area contributed by atoms with Crippen molar-refractivity contribution in [3.8, 4) is 0 Å². The van der Waals surface area contributed by atoms with E-state index < -0.39 is 5.97 Å². The molecule has 1 N–H and O–H groups in total. The fourth-order valence-electron chi connectivity index (χ4n) is 4.63. The first-order chi connectivity index (χ1) is 17.5. The number of rotatable bonds is 27. The van der Waals surface area contributed by atoms with Crippen LogP contribution >= 0.6 is 0 Å². The highest BCUT2D eigenvalue weighted by Gasteiger charge is 2.17. The quantitative estimate of drug-likeness (QED) is 0.0676. The maximum Gasteiger partial charge on any atom is 0.316 e. The lowest BCUT2D eigenvalue weighted by Gasteiger charge is -2.10. The van der Waals surface area contributed by atoms with Crippen molar-refractivity contribution in [1.29, 1.82) is 0 Å². The third-order valence-corrected chi connectivity index (χ3v) is 7.13. The van der Waals surface area contributed by atoms with Gasteiger partial charge in [-0.05, 0) is 19.3 Å². The van der Waals surface area contributed by atoms with Gasteiger partial charge in [-0.15, -0.1) is 0 Å². The second-order valence-electron chi connectivity index (χ2n) is 10.8. The van der Waals surface area contributed by atoms with E-state index in [-0.39, 0.29) is 24.3 Å². The molecule has 212 valence electrons. The van der Waals surface area contributed by atoms with Gasteiger partial charge in [0.15, 0.2) is 0 Å². The second kappa shape index (κ2) is 26.7. The van der Waals surface area contributed by atoms with E-state index in [1.165, 1.54) is 77.0 Å². The minimum Gasteiger partial charge on any atom is -0.481 e. The summed E-state index contributed by atoms with van der Waals surface area (Å²) in [6.45, 7) is 4.11. The first-order valence-corrected chi connectivity index (χ1v) is 15.4. The van der Waals surface area contributed by atoms with Crippen LogP contribution in [-0.2, 0) is 19.1 Å². The van der Waals surface area contributed by atoms with Crippen molar-refractivity contribution in [3.63, 3.8) is 0 Å². The Labute approximate surface area is 222 Å². The predicted molar refractivity (Wildman–Crippen MR) is 149 cm³/mol. The molecule has 0 bridgehead atoms. The lowest BCUT2D eigenvalue weighted by atomic mass is 10.0. The largest absolute Gasteiger partial charge is 0.481 e. The molecule has 0 saturated heterocycles. The average Bonchev–Trinajstić information content (AvgIpc) is 2.84. The molecule has 0 spiro atoms. The number of hydrogen-bond donors (Lipinski definition) is 1. The zero-order valence-electron chi connectivity index (χ0n) is 23.8. The van der Waals surface area contributed by atoms with Crippen LogP contribution in [0.4, 0.5) is 0 Å². The van der Waals surface area contributed by atoms with Gasteiger partial charge in [0.25, 0.3) is 0 Å². The maximum atomic E-state index is 12.1. The molecule has 0 aliphatic rings. The van der Waals surface area contributed by atoms with Crippen LogP contribution in [0, 0.1) is 5.92 Å².